The van der Waals surface area contributed by atoms with E-state index in [1.807, 2.05) is 19.9 Å². The molecule has 0 fully saturated rings. The third-order valence-corrected chi connectivity index (χ3v) is 0.941. The molecule has 6 nitrogen and oxygen atoms in total. The van der Waals surface area contributed by atoms with E-state index in [4.69, 9.17) is 17.5 Å². The van der Waals surface area contributed by atoms with Crippen LogP contribution in [-0.4, -0.2) is 27.5 Å². The van der Waals surface area contributed by atoms with Crippen LogP contribution in [0.3, 0.4) is 0 Å². The van der Waals surface area contributed by atoms with Crippen LogP contribution in [0.5, 0.6) is 0 Å². The van der Waals surface area contributed by atoms with Gasteiger partial charge < -0.3 is 0 Å². The van der Waals surface area contributed by atoms with Crippen LogP contribution in [0.4, 0.5) is 0 Å². The molecule has 0 aromatic carbocycles. The van der Waals surface area contributed by atoms with E-state index >= 15 is 0 Å². The fraction of sp³-hybridized carbons (Fsp3) is 0.333. The zero-order valence-electron chi connectivity index (χ0n) is 7.17. The van der Waals surface area contributed by atoms with E-state index in [0.717, 1.165) is 11.4 Å². The highest BCUT2D eigenvalue weighted by molar-refractivity contribution is 7.79. The molecule has 0 saturated heterocycles. The summed E-state index contributed by atoms with van der Waals surface area (Å²) in [6, 6.07) is 1.94. The summed E-state index contributed by atoms with van der Waals surface area (Å²) < 4.78 is 31.6. The van der Waals surface area contributed by atoms with Crippen molar-refractivity contribution >= 4 is 10.4 Å². The van der Waals surface area contributed by atoms with Gasteiger partial charge in [-0.2, -0.15) is 8.42 Å². The number of aryl methyl sites for hydroxylation is 2. The number of hydrogen-bond acceptors (Lipinski definition) is 4. The zero-order valence-corrected chi connectivity index (χ0v) is 7.98. The van der Waals surface area contributed by atoms with Crippen LogP contribution in [0, 0.1) is 13.8 Å². The zero-order chi connectivity index (χ0) is 10.5. The van der Waals surface area contributed by atoms with Crippen LogP contribution in [0.25, 0.3) is 0 Å². The molecule has 0 bridgehead atoms. The molecule has 0 spiro atoms. The van der Waals surface area contributed by atoms with Gasteiger partial charge in [0, 0.05) is 11.4 Å². The molecule has 1 heterocycles. The van der Waals surface area contributed by atoms with Crippen LogP contribution >= 0.6 is 0 Å². The van der Waals surface area contributed by atoms with E-state index < -0.39 is 10.4 Å². The quantitative estimate of drug-likeness (QED) is 0.597. The Labute approximate surface area is 76.2 Å². The van der Waals surface area contributed by atoms with E-state index in [0.29, 0.717) is 0 Å². The lowest BCUT2D eigenvalue weighted by molar-refractivity contribution is 0.381. The summed E-state index contributed by atoms with van der Waals surface area (Å²) in [4.78, 5) is 7.86. The fourth-order valence-corrected chi connectivity index (χ4v) is 0.588. The van der Waals surface area contributed by atoms with E-state index in [2.05, 4.69) is 9.97 Å². The Bertz CT molecular complexity index is 337. The Kier molecular flexibility index (Phi) is 4.46. The fourth-order valence-electron chi connectivity index (χ4n) is 0.588. The summed E-state index contributed by atoms with van der Waals surface area (Å²) in [7, 11) is -4.67. The average molecular weight is 206 g/mol. The normalized spacial score (nSPS) is 10.2. The minimum absolute atomic E-state index is 1.03. The topological polar surface area (TPSA) is 100 Å². The second kappa shape index (κ2) is 4.85. The SMILES string of the molecule is Cc1cc(C)ncn1.O=S(=O)(O)O. The molecule has 0 amide bonds. The van der Waals surface area contributed by atoms with E-state index in [1.54, 1.807) is 6.33 Å². The van der Waals surface area contributed by atoms with E-state index in [1.165, 1.54) is 0 Å². The minimum atomic E-state index is -4.67. The summed E-state index contributed by atoms with van der Waals surface area (Å²) in [6.45, 7) is 3.91. The standard InChI is InChI=1S/C6H8N2.H2O4S/c1-5-3-6(2)8-4-7-5;1-5(2,3)4/h3-4H,1-2H3;(H2,1,2,3,4). The Hall–Kier alpha value is -1.05. The molecule has 13 heavy (non-hydrogen) atoms. The number of rotatable bonds is 0. The molecule has 1 rings (SSSR count). The van der Waals surface area contributed by atoms with Crippen molar-refractivity contribution in [2.75, 3.05) is 0 Å². The molecule has 74 valence electrons. The highest BCUT2D eigenvalue weighted by Crippen LogP contribution is 1.91. The first kappa shape index (κ1) is 11.9. The summed E-state index contributed by atoms with van der Waals surface area (Å²) in [5.74, 6) is 0. The molecule has 0 unspecified atom stereocenters. The van der Waals surface area contributed by atoms with Gasteiger partial charge in [0.25, 0.3) is 0 Å². The number of nitrogens with zero attached hydrogens (tertiary/aromatic N) is 2. The van der Waals surface area contributed by atoms with E-state index in [9.17, 15) is 0 Å². The van der Waals surface area contributed by atoms with Gasteiger partial charge in [0.2, 0.25) is 0 Å². The van der Waals surface area contributed by atoms with Crippen molar-refractivity contribution < 1.29 is 17.5 Å². The largest absolute Gasteiger partial charge is 0.394 e. The summed E-state index contributed by atoms with van der Waals surface area (Å²) in [5, 5.41) is 0. The highest BCUT2D eigenvalue weighted by Gasteiger charge is 1.84. The monoisotopic (exact) mass is 206 g/mol. The van der Waals surface area contributed by atoms with Crippen molar-refractivity contribution in [1.82, 2.24) is 9.97 Å². The van der Waals surface area contributed by atoms with Gasteiger partial charge in [-0.25, -0.2) is 9.97 Å². The second-order valence-electron chi connectivity index (χ2n) is 2.25. The molecule has 7 heteroatoms. The third-order valence-electron chi connectivity index (χ3n) is 0.941. The summed E-state index contributed by atoms with van der Waals surface area (Å²) in [6.07, 6.45) is 1.57. The molecule has 1 aromatic heterocycles. The van der Waals surface area contributed by atoms with Crippen LogP contribution in [0.2, 0.25) is 0 Å². The molecule has 1 aromatic rings. The van der Waals surface area contributed by atoms with Crippen molar-refractivity contribution in [2.24, 2.45) is 0 Å². The Balaban J connectivity index is 0.000000252. The van der Waals surface area contributed by atoms with Crippen molar-refractivity contribution in [3.8, 4) is 0 Å². The Morgan fingerprint density at radius 2 is 1.46 bits per heavy atom. The van der Waals surface area contributed by atoms with Gasteiger partial charge in [0.05, 0.1) is 0 Å². The van der Waals surface area contributed by atoms with Crippen LogP contribution in [0.15, 0.2) is 12.4 Å². The lowest BCUT2D eigenvalue weighted by Crippen LogP contribution is -1.89. The van der Waals surface area contributed by atoms with Gasteiger partial charge in [-0.05, 0) is 19.9 Å². The first-order valence-corrected chi connectivity index (χ1v) is 4.64. The van der Waals surface area contributed by atoms with Crippen LogP contribution in [-0.2, 0) is 10.4 Å². The summed E-state index contributed by atoms with van der Waals surface area (Å²) >= 11 is 0. The lowest BCUT2D eigenvalue weighted by Gasteiger charge is -1.89. The Morgan fingerprint density at radius 1 is 1.15 bits per heavy atom. The maximum atomic E-state index is 8.74. The third kappa shape index (κ3) is 10.9. The molecular formula is C6H10N2O4S. The van der Waals surface area contributed by atoms with Gasteiger partial charge in [0.1, 0.15) is 6.33 Å². The van der Waals surface area contributed by atoms with Gasteiger partial charge in [-0.1, -0.05) is 0 Å². The predicted octanol–water partition coefficient (Wildman–Crippen LogP) is 0.441. The molecule has 0 atom stereocenters. The molecule has 0 aliphatic heterocycles. The van der Waals surface area contributed by atoms with Crippen LogP contribution in [0.1, 0.15) is 11.4 Å². The first-order chi connectivity index (χ1) is 5.79. The average Bonchev–Trinajstić information content (AvgIpc) is 1.81. The summed E-state index contributed by atoms with van der Waals surface area (Å²) in [5.41, 5.74) is 2.05. The van der Waals surface area contributed by atoms with Gasteiger partial charge in [-0.3, -0.25) is 9.11 Å². The maximum absolute atomic E-state index is 8.74. The van der Waals surface area contributed by atoms with Crippen molar-refractivity contribution in [1.29, 1.82) is 0 Å². The van der Waals surface area contributed by atoms with E-state index in [-0.39, 0.29) is 0 Å². The smallest absolute Gasteiger partial charge is 0.264 e. The highest BCUT2D eigenvalue weighted by atomic mass is 32.3. The first-order valence-electron chi connectivity index (χ1n) is 3.24. The van der Waals surface area contributed by atoms with Crippen molar-refractivity contribution in [3.63, 3.8) is 0 Å². The minimum Gasteiger partial charge on any atom is -0.264 e. The molecule has 0 aliphatic rings. The molecular weight excluding hydrogens is 196 g/mol. The Morgan fingerprint density at radius 3 is 1.62 bits per heavy atom. The predicted molar refractivity (Wildman–Crippen MR) is 45.7 cm³/mol. The van der Waals surface area contributed by atoms with Crippen molar-refractivity contribution in [3.05, 3.63) is 23.8 Å². The molecule has 0 saturated carbocycles. The number of aromatic nitrogens is 2. The molecule has 2 N–H and O–H groups in total. The molecule has 0 aliphatic carbocycles. The van der Waals surface area contributed by atoms with Crippen molar-refractivity contribution in [2.45, 2.75) is 13.8 Å². The maximum Gasteiger partial charge on any atom is 0.394 e. The molecule has 0 radical (unpaired) electrons. The number of hydrogen-bond donors (Lipinski definition) is 2. The lowest BCUT2D eigenvalue weighted by atomic mass is 10.4. The van der Waals surface area contributed by atoms with Gasteiger partial charge >= 0.3 is 10.4 Å². The second-order valence-corrected chi connectivity index (χ2v) is 3.14. The van der Waals surface area contributed by atoms with Gasteiger partial charge in [0.15, 0.2) is 0 Å². The van der Waals surface area contributed by atoms with Crippen LogP contribution < -0.4 is 0 Å². The van der Waals surface area contributed by atoms with Gasteiger partial charge in [-0.15, -0.1) is 0 Å².